The van der Waals surface area contributed by atoms with Crippen LogP contribution in [0.1, 0.15) is 10.4 Å². The fraction of sp³-hybridized carbons (Fsp3) is 0. The van der Waals surface area contributed by atoms with E-state index >= 15 is 0 Å². The number of carbonyl (C=O) groups is 1. The molecule has 0 saturated heterocycles. The molecule has 21 heavy (non-hydrogen) atoms. The molecule has 0 unspecified atom stereocenters. The molecular formula is C13H7BrFNO4S. The lowest BCUT2D eigenvalue weighted by atomic mass is 10.2. The quantitative estimate of drug-likeness (QED) is 0.638. The minimum atomic E-state index is -1.47. The minimum Gasteiger partial charge on any atom is -0.478 e. The number of hydrogen-bond donors (Lipinski definition) is 1. The van der Waals surface area contributed by atoms with E-state index < -0.39 is 28.0 Å². The van der Waals surface area contributed by atoms with Gasteiger partial charge in [0.2, 0.25) is 0 Å². The van der Waals surface area contributed by atoms with Gasteiger partial charge >= 0.3 is 5.97 Å². The van der Waals surface area contributed by atoms with Crippen LogP contribution < -0.4 is 0 Å². The summed E-state index contributed by atoms with van der Waals surface area (Å²) in [4.78, 5) is 21.9. The van der Waals surface area contributed by atoms with Crippen molar-refractivity contribution in [1.82, 2.24) is 0 Å². The van der Waals surface area contributed by atoms with Gasteiger partial charge in [0.15, 0.2) is 0 Å². The van der Waals surface area contributed by atoms with E-state index in [2.05, 4.69) is 15.9 Å². The molecule has 0 saturated carbocycles. The first kappa shape index (κ1) is 15.5. The number of rotatable bonds is 4. The molecule has 5 nitrogen and oxygen atoms in total. The second-order valence-corrected chi connectivity index (χ2v) is 5.95. The molecule has 2 aromatic rings. The zero-order valence-corrected chi connectivity index (χ0v) is 12.6. The monoisotopic (exact) mass is 371 g/mol. The highest BCUT2D eigenvalue weighted by Gasteiger charge is 2.22. The van der Waals surface area contributed by atoms with E-state index in [0.717, 1.165) is 22.3 Å². The summed E-state index contributed by atoms with van der Waals surface area (Å²) in [6, 6.07) is 8.55. The average molecular weight is 372 g/mol. The van der Waals surface area contributed by atoms with Gasteiger partial charge in [-0.05, 0) is 24.3 Å². The van der Waals surface area contributed by atoms with E-state index in [0.29, 0.717) is 11.0 Å². The predicted octanol–water partition coefficient (Wildman–Crippen LogP) is 4.35. The fourth-order valence-electron chi connectivity index (χ4n) is 1.59. The molecule has 0 aliphatic carbocycles. The van der Waals surface area contributed by atoms with Gasteiger partial charge in [-0.25, -0.2) is 9.18 Å². The number of nitro groups is 1. The molecule has 0 aliphatic rings. The van der Waals surface area contributed by atoms with Crippen LogP contribution in [-0.4, -0.2) is 16.0 Å². The van der Waals surface area contributed by atoms with Crippen molar-refractivity contribution in [2.24, 2.45) is 0 Å². The summed E-state index contributed by atoms with van der Waals surface area (Å²) in [6.07, 6.45) is 0. The molecule has 2 aromatic carbocycles. The number of hydrogen-bond acceptors (Lipinski definition) is 4. The van der Waals surface area contributed by atoms with E-state index in [-0.39, 0.29) is 4.90 Å². The van der Waals surface area contributed by atoms with Crippen LogP contribution in [0.3, 0.4) is 0 Å². The summed E-state index contributed by atoms with van der Waals surface area (Å²) in [7, 11) is 0. The van der Waals surface area contributed by atoms with Crippen LogP contribution in [-0.2, 0) is 0 Å². The number of aromatic carboxylic acids is 1. The molecule has 1 N–H and O–H groups in total. The van der Waals surface area contributed by atoms with Gasteiger partial charge in [0.05, 0.1) is 21.4 Å². The third-order valence-corrected chi connectivity index (χ3v) is 4.03. The van der Waals surface area contributed by atoms with Crippen molar-refractivity contribution in [2.45, 2.75) is 9.79 Å². The molecule has 108 valence electrons. The van der Waals surface area contributed by atoms with Crippen LogP contribution in [0.5, 0.6) is 0 Å². The van der Waals surface area contributed by atoms with Crippen molar-refractivity contribution in [2.75, 3.05) is 0 Å². The van der Waals surface area contributed by atoms with Gasteiger partial charge in [0.1, 0.15) is 5.82 Å². The van der Waals surface area contributed by atoms with Gasteiger partial charge in [-0.3, -0.25) is 10.1 Å². The van der Waals surface area contributed by atoms with Crippen LogP contribution in [0.25, 0.3) is 0 Å². The van der Waals surface area contributed by atoms with Crippen molar-refractivity contribution in [1.29, 1.82) is 0 Å². The first-order chi connectivity index (χ1) is 9.88. The van der Waals surface area contributed by atoms with Crippen LogP contribution in [0.2, 0.25) is 0 Å². The maximum absolute atomic E-state index is 13.5. The lowest BCUT2D eigenvalue weighted by Crippen LogP contribution is -2.03. The molecule has 0 spiro atoms. The molecule has 0 heterocycles. The Bertz CT molecular complexity index is 738. The van der Waals surface area contributed by atoms with Crippen LogP contribution >= 0.6 is 27.7 Å². The third kappa shape index (κ3) is 3.59. The van der Waals surface area contributed by atoms with Gasteiger partial charge in [0, 0.05) is 9.37 Å². The highest BCUT2D eigenvalue weighted by molar-refractivity contribution is 9.10. The number of nitro benzene ring substituents is 1. The Kier molecular flexibility index (Phi) is 4.59. The number of halogens is 2. The smallest absolute Gasteiger partial charge is 0.338 e. The maximum Gasteiger partial charge on any atom is 0.338 e. The number of carboxylic acids is 1. The lowest BCUT2D eigenvalue weighted by molar-refractivity contribution is -0.387. The largest absolute Gasteiger partial charge is 0.478 e. The molecule has 0 amide bonds. The normalized spacial score (nSPS) is 10.4. The van der Waals surface area contributed by atoms with E-state index in [9.17, 15) is 19.3 Å². The molecule has 8 heteroatoms. The van der Waals surface area contributed by atoms with E-state index in [1.807, 2.05) is 0 Å². The third-order valence-electron chi connectivity index (χ3n) is 2.50. The topological polar surface area (TPSA) is 80.4 Å². The Morgan fingerprint density at radius 2 is 2.05 bits per heavy atom. The summed E-state index contributed by atoms with van der Waals surface area (Å²) >= 11 is 4.27. The van der Waals surface area contributed by atoms with Crippen LogP contribution in [0.15, 0.2) is 50.7 Å². The SMILES string of the molecule is O=C(O)c1cc(Sc2cccc(Br)c2)c([N+](=O)[O-])cc1F. The van der Waals surface area contributed by atoms with Crippen molar-refractivity contribution < 1.29 is 19.2 Å². The van der Waals surface area contributed by atoms with Gasteiger partial charge in [-0.2, -0.15) is 0 Å². The molecule has 0 aromatic heterocycles. The molecular weight excluding hydrogens is 365 g/mol. The van der Waals surface area contributed by atoms with Crippen LogP contribution in [0, 0.1) is 15.9 Å². The Morgan fingerprint density at radius 1 is 1.33 bits per heavy atom. The average Bonchev–Trinajstić information content (AvgIpc) is 2.39. The van der Waals surface area contributed by atoms with Gasteiger partial charge in [-0.1, -0.05) is 33.8 Å². The zero-order chi connectivity index (χ0) is 15.6. The molecule has 0 radical (unpaired) electrons. The van der Waals surface area contributed by atoms with Crippen LogP contribution in [0.4, 0.5) is 10.1 Å². The Hall–Kier alpha value is -1.93. The number of carboxylic acid groups (broad SMARTS) is 1. The standard InChI is InChI=1S/C13H7BrFNO4S/c14-7-2-1-3-8(4-7)21-12-5-9(13(17)18)10(15)6-11(12)16(19)20/h1-6H,(H,17,18). The summed E-state index contributed by atoms with van der Waals surface area (Å²) in [5.41, 5.74) is -1.07. The van der Waals surface area contributed by atoms with Crippen molar-refractivity contribution in [3.05, 3.63) is 62.4 Å². The van der Waals surface area contributed by atoms with Crippen molar-refractivity contribution in [3.63, 3.8) is 0 Å². The van der Waals surface area contributed by atoms with E-state index in [1.165, 1.54) is 0 Å². The highest BCUT2D eigenvalue weighted by atomic mass is 79.9. The van der Waals surface area contributed by atoms with Gasteiger partial charge < -0.3 is 5.11 Å². The number of benzene rings is 2. The maximum atomic E-state index is 13.5. The Morgan fingerprint density at radius 3 is 2.62 bits per heavy atom. The first-order valence-electron chi connectivity index (χ1n) is 5.53. The molecule has 0 fully saturated rings. The lowest BCUT2D eigenvalue weighted by Gasteiger charge is -2.06. The second kappa shape index (κ2) is 6.23. The van der Waals surface area contributed by atoms with E-state index in [4.69, 9.17) is 5.11 Å². The Labute approximate surface area is 131 Å². The number of nitrogens with zero attached hydrogens (tertiary/aromatic N) is 1. The van der Waals surface area contributed by atoms with Gasteiger partial charge in [-0.15, -0.1) is 0 Å². The van der Waals surface area contributed by atoms with Gasteiger partial charge in [0.25, 0.3) is 5.69 Å². The summed E-state index contributed by atoms with van der Waals surface area (Å²) in [5.74, 6) is -2.61. The minimum absolute atomic E-state index is 0.0666. The summed E-state index contributed by atoms with van der Waals surface area (Å²) < 4.78 is 14.3. The zero-order valence-electron chi connectivity index (χ0n) is 10.2. The second-order valence-electron chi connectivity index (χ2n) is 3.92. The van der Waals surface area contributed by atoms with Crippen molar-refractivity contribution in [3.8, 4) is 0 Å². The molecule has 0 bridgehead atoms. The molecule has 0 aliphatic heterocycles. The van der Waals surface area contributed by atoms with Crippen molar-refractivity contribution >= 4 is 39.3 Å². The summed E-state index contributed by atoms with van der Waals surface area (Å²) in [5, 5.41) is 19.9. The Balaban J connectivity index is 2.52. The fourth-order valence-corrected chi connectivity index (χ4v) is 3.14. The van der Waals surface area contributed by atoms with E-state index in [1.54, 1.807) is 24.3 Å². The summed E-state index contributed by atoms with van der Waals surface area (Å²) in [6.45, 7) is 0. The first-order valence-corrected chi connectivity index (χ1v) is 7.14. The predicted molar refractivity (Wildman–Crippen MR) is 78.3 cm³/mol. The molecule has 0 atom stereocenters. The highest BCUT2D eigenvalue weighted by Crippen LogP contribution is 2.37. The molecule has 2 rings (SSSR count).